The third-order valence-corrected chi connectivity index (χ3v) is 1.04. The Morgan fingerprint density at radius 3 is 2.50 bits per heavy atom. The molecule has 0 spiro atoms. The van der Waals surface area contributed by atoms with Gasteiger partial charge in [0.25, 0.3) is 0 Å². The van der Waals surface area contributed by atoms with E-state index >= 15 is 0 Å². The van der Waals surface area contributed by atoms with Crippen molar-refractivity contribution < 1.29 is 24.7 Å². The van der Waals surface area contributed by atoms with E-state index in [1.165, 1.54) is 34.3 Å². The maximum atomic E-state index is 4.83. The first-order valence-corrected chi connectivity index (χ1v) is 3.08. The first kappa shape index (κ1) is 6.70. The molecule has 0 aliphatic carbocycles. The van der Waals surface area contributed by atoms with Crippen LogP contribution in [0.5, 0.6) is 0 Å². The van der Waals surface area contributed by atoms with Gasteiger partial charge in [0.1, 0.15) is 0 Å². The van der Waals surface area contributed by atoms with Gasteiger partial charge in [-0.25, -0.2) is 0 Å². The summed E-state index contributed by atoms with van der Waals surface area (Å²) in [6.07, 6.45) is 2.44. The summed E-state index contributed by atoms with van der Waals surface area (Å²) in [7, 11) is 0. The van der Waals surface area contributed by atoms with Gasteiger partial charge in [-0.1, -0.05) is 0 Å². The van der Waals surface area contributed by atoms with Crippen LogP contribution < -0.4 is 0 Å². The van der Waals surface area contributed by atoms with Gasteiger partial charge >= 0.3 is 51.1 Å². The Balaban J connectivity index is 2.34. The SMILES string of the molecule is CCCC[O][Nb]. The van der Waals surface area contributed by atoms with Gasteiger partial charge < -0.3 is 0 Å². The van der Waals surface area contributed by atoms with E-state index in [-0.39, 0.29) is 0 Å². The van der Waals surface area contributed by atoms with E-state index in [0.29, 0.717) is 0 Å². The van der Waals surface area contributed by atoms with E-state index in [4.69, 9.17) is 3.24 Å². The second-order valence-corrected chi connectivity index (χ2v) is 1.82. The average Bonchev–Trinajstić information content (AvgIpc) is 1.61. The molecule has 0 atom stereocenters. The molecule has 0 aromatic heterocycles. The minimum absolute atomic E-state index is 0.935. The summed E-state index contributed by atoms with van der Waals surface area (Å²) in [5.41, 5.74) is 0. The van der Waals surface area contributed by atoms with Crippen molar-refractivity contribution in [3.8, 4) is 0 Å². The Kier molecular flexibility index (Phi) is 6.37. The van der Waals surface area contributed by atoms with Gasteiger partial charge in [0.15, 0.2) is 0 Å². The van der Waals surface area contributed by atoms with Gasteiger partial charge in [-0.3, -0.25) is 0 Å². The number of hydrogen-bond donors (Lipinski definition) is 0. The van der Waals surface area contributed by atoms with Crippen molar-refractivity contribution in [2.75, 3.05) is 6.61 Å². The monoisotopic (exact) mass is 166 g/mol. The zero-order valence-corrected chi connectivity index (χ0v) is 6.18. The molecule has 0 fully saturated rings. The zero-order chi connectivity index (χ0) is 4.83. The molecule has 36 valence electrons. The van der Waals surface area contributed by atoms with Gasteiger partial charge in [0.05, 0.1) is 0 Å². The van der Waals surface area contributed by atoms with Crippen molar-refractivity contribution in [2.24, 2.45) is 0 Å². The zero-order valence-electron chi connectivity index (χ0n) is 3.98. The van der Waals surface area contributed by atoms with Crippen LogP contribution in [0.25, 0.3) is 0 Å². The summed E-state index contributed by atoms with van der Waals surface area (Å²) in [6, 6.07) is 0. The molecular weight excluding hydrogens is 157 g/mol. The van der Waals surface area contributed by atoms with Gasteiger partial charge in [-0.2, -0.15) is 0 Å². The molecule has 6 heavy (non-hydrogen) atoms. The van der Waals surface area contributed by atoms with Crippen LogP contribution in [0.3, 0.4) is 0 Å². The van der Waals surface area contributed by atoms with Crippen LogP contribution in [-0.2, 0) is 24.7 Å². The predicted molar refractivity (Wildman–Crippen MR) is 20.9 cm³/mol. The molecule has 0 radical (unpaired) electrons. The van der Waals surface area contributed by atoms with Crippen molar-refractivity contribution in [3.05, 3.63) is 0 Å². The molecule has 1 nitrogen and oxygen atoms in total. The average molecular weight is 166 g/mol. The molecule has 0 saturated carbocycles. The topological polar surface area (TPSA) is 9.23 Å². The molecule has 0 unspecified atom stereocenters. The summed E-state index contributed by atoms with van der Waals surface area (Å²) in [4.78, 5) is 0. The molecule has 0 saturated heterocycles. The molecule has 0 bridgehead atoms. The quantitative estimate of drug-likeness (QED) is 0.453. The van der Waals surface area contributed by atoms with Gasteiger partial charge in [-0.15, -0.1) is 0 Å². The van der Waals surface area contributed by atoms with Crippen LogP contribution in [0, 0.1) is 0 Å². The molecule has 0 aliphatic rings. The number of hydrogen-bond acceptors (Lipinski definition) is 1. The molecule has 2 heteroatoms. The standard InChI is InChI=1S/C4H9O.Nb/c1-2-3-4-5;/h2-4H2,1H3;/q-1;+1. The van der Waals surface area contributed by atoms with E-state index in [9.17, 15) is 0 Å². The van der Waals surface area contributed by atoms with Crippen molar-refractivity contribution in [3.63, 3.8) is 0 Å². The van der Waals surface area contributed by atoms with E-state index < -0.39 is 0 Å². The molecule has 0 rings (SSSR count). The fourth-order valence-electron chi connectivity index (χ4n) is 0.209. The molecular formula is C4H9NbO. The van der Waals surface area contributed by atoms with Crippen LogP contribution in [0.4, 0.5) is 0 Å². The summed E-state index contributed by atoms with van der Waals surface area (Å²) < 4.78 is 4.83. The van der Waals surface area contributed by atoms with E-state index in [1.54, 1.807) is 0 Å². The summed E-state index contributed by atoms with van der Waals surface area (Å²) in [5, 5.41) is 0. The van der Waals surface area contributed by atoms with Crippen LogP contribution in [0.15, 0.2) is 0 Å². The Morgan fingerprint density at radius 2 is 2.33 bits per heavy atom. The van der Waals surface area contributed by atoms with E-state index in [0.717, 1.165) is 6.61 Å². The molecule has 0 aliphatic heterocycles. The normalized spacial score (nSPS) is 8.83. The van der Waals surface area contributed by atoms with E-state index in [2.05, 4.69) is 6.92 Å². The number of unbranched alkanes of at least 4 members (excludes halogenated alkanes) is 1. The van der Waals surface area contributed by atoms with Gasteiger partial charge in [0, 0.05) is 0 Å². The second kappa shape index (κ2) is 5.70. The fourth-order valence-corrected chi connectivity index (χ4v) is 0.526. The molecule has 0 aromatic carbocycles. The van der Waals surface area contributed by atoms with E-state index in [1.807, 2.05) is 0 Å². The third kappa shape index (κ3) is 4.70. The summed E-state index contributed by atoms with van der Waals surface area (Å²) >= 11 is 1.43. The minimum atomic E-state index is 0.935. The molecule has 0 aromatic rings. The van der Waals surface area contributed by atoms with Crippen LogP contribution >= 0.6 is 0 Å². The van der Waals surface area contributed by atoms with Crippen molar-refractivity contribution in [1.82, 2.24) is 0 Å². The summed E-state index contributed by atoms with van der Waals surface area (Å²) in [6.45, 7) is 3.09. The first-order chi connectivity index (χ1) is 2.91. The van der Waals surface area contributed by atoms with Crippen LogP contribution in [0.1, 0.15) is 19.8 Å². The predicted octanol–water partition coefficient (Wildman–Crippen LogP) is 1.26. The molecule has 0 amide bonds. The molecule has 0 N–H and O–H groups in total. The number of rotatable bonds is 3. The summed E-state index contributed by atoms with van der Waals surface area (Å²) in [5.74, 6) is 0. The molecule has 0 heterocycles. The Hall–Kier alpha value is 0.700. The Morgan fingerprint density at radius 1 is 1.67 bits per heavy atom. The van der Waals surface area contributed by atoms with Crippen molar-refractivity contribution in [2.45, 2.75) is 19.8 Å². The second-order valence-electron chi connectivity index (χ2n) is 1.19. The van der Waals surface area contributed by atoms with Crippen molar-refractivity contribution >= 4 is 0 Å². The maximum absolute atomic E-state index is 4.83. The first-order valence-electron chi connectivity index (χ1n) is 2.18. The fraction of sp³-hybridized carbons (Fsp3) is 1.00. The van der Waals surface area contributed by atoms with Crippen molar-refractivity contribution in [1.29, 1.82) is 0 Å². The Bertz CT molecular complexity index is 19.5. The van der Waals surface area contributed by atoms with Gasteiger partial charge in [0.2, 0.25) is 0 Å². The third-order valence-electron chi connectivity index (χ3n) is 0.589. The van der Waals surface area contributed by atoms with Crippen LogP contribution in [0.2, 0.25) is 0 Å². The van der Waals surface area contributed by atoms with Crippen LogP contribution in [-0.4, -0.2) is 6.61 Å². The Labute approximate surface area is 51.5 Å². The van der Waals surface area contributed by atoms with Gasteiger partial charge in [-0.05, 0) is 0 Å².